The van der Waals surface area contributed by atoms with Crippen LogP contribution in [0.1, 0.15) is 32.6 Å². The summed E-state index contributed by atoms with van der Waals surface area (Å²) in [7, 11) is 0. The Hall–Kier alpha value is -1.14. The molecular formula is C17H29N3O3. The van der Waals surface area contributed by atoms with E-state index in [1.54, 1.807) is 0 Å². The lowest BCUT2D eigenvalue weighted by molar-refractivity contribution is -0.142. The molecule has 3 saturated heterocycles. The molecule has 3 heterocycles. The summed E-state index contributed by atoms with van der Waals surface area (Å²) in [6.07, 6.45) is 4.00. The number of carbonyl (C=O) groups is 2. The van der Waals surface area contributed by atoms with Crippen molar-refractivity contribution in [1.82, 2.24) is 14.7 Å². The van der Waals surface area contributed by atoms with E-state index in [0.29, 0.717) is 13.2 Å². The Morgan fingerprint density at radius 2 is 1.52 bits per heavy atom. The lowest BCUT2D eigenvalue weighted by atomic mass is 9.94. The average molecular weight is 323 g/mol. The Morgan fingerprint density at radius 3 is 2.13 bits per heavy atom. The molecule has 0 aliphatic carbocycles. The minimum absolute atomic E-state index is 0.0486. The molecule has 6 heteroatoms. The first-order valence-corrected chi connectivity index (χ1v) is 9.06. The second kappa shape index (κ2) is 7.62. The molecule has 0 N–H and O–H groups in total. The van der Waals surface area contributed by atoms with Crippen molar-refractivity contribution in [1.29, 1.82) is 0 Å². The summed E-state index contributed by atoms with van der Waals surface area (Å²) in [5.74, 6) is 0.672. The fourth-order valence-corrected chi connectivity index (χ4v) is 3.93. The standard InChI is InChI=1S/C17H29N3O3/c1-14(16(21)19-6-2-3-7-19)18-8-4-15(5-9-18)17(22)20-10-12-23-13-11-20/h14-15H,2-13H2,1H3. The number of hydrogen-bond acceptors (Lipinski definition) is 4. The monoisotopic (exact) mass is 323 g/mol. The lowest BCUT2D eigenvalue weighted by Gasteiger charge is -2.38. The highest BCUT2D eigenvalue weighted by Gasteiger charge is 2.34. The number of amides is 2. The number of rotatable bonds is 3. The Bertz CT molecular complexity index is 423. The van der Waals surface area contributed by atoms with E-state index in [1.165, 1.54) is 0 Å². The van der Waals surface area contributed by atoms with Crippen LogP contribution in [-0.2, 0) is 14.3 Å². The number of nitrogens with zero attached hydrogens (tertiary/aromatic N) is 3. The van der Waals surface area contributed by atoms with Crippen LogP contribution in [0.5, 0.6) is 0 Å². The first kappa shape index (κ1) is 16.7. The quantitative estimate of drug-likeness (QED) is 0.762. The molecule has 3 aliphatic rings. The van der Waals surface area contributed by atoms with E-state index >= 15 is 0 Å². The Labute approximate surface area is 138 Å². The van der Waals surface area contributed by atoms with Crippen LogP contribution in [-0.4, -0.2) is 85.0 Å². The SMILES string of the molecule is CC(C(=O)N1CCCC1)N1CCC(C(=O)N2CCOCC2)CC1. The molecular weight excluding hydrogens is 294 g/mol. The molecule has 2 amide bonds. The summed E-state index contributed by atoms with van der Waals surface area (Å²) < 4.78 is 5.32. The van der Waals surface area contributed by atoms with Crippen LogP contribution in [0.4, 0.5) is 0 Å². The summed E-state index contributed by atoms with van der Waals surface area (Å²) >= 11 is 0. The average Bonchev–Trinajstić information content (AvgIpc) is 3.15. The summed E-state index contributed by atoms with van der Waals surface area (Å²) in [4.78, 5) is 31.2. The van der Waals surface area contributed by atoms with Crippen molar-refractivity contribution in [2.75, 3.05) is 52.5 Å². The first-order chi connectivity index (χ1) is 11.2. The van der Waals surface area contributed by atoms with Gasteiger partial charge in [0.15, 0.2) is 0 Å². The lowest BCUT2D eigenvalue weighted by Crippen LogP contribution is -2.51. The number of piperidine rings is 1. The van der Waals surface area contributed by atoms with Gasteiger partial charge in [-0.1, -0.05) is 0 Å². The van der Waals surface area contributed by atoms with E-state index in [2.05, 4.69) is 4.90 Å². The molecule has 6 nitrogen and oxygen atoms in total. The minimum Gasteiger partial charge on any atom is -0.378 e. The molecule has 3 aliphatic heterocycles. The highest BCUT2D eigenvalue weighted by molar-refractivity contribution is 5.82. The van der Waals surface area contributed by atoms with Crippen LogP contribution in [0.25, 0.3) is 0 Å². The number of likely N-dealkylation sites (tertiary alicyclic amines) is 2. The van der Waals surface area contributed by atoms with Gasteiger partial charge in [-0.15, -0.1) is 0 Å². The van der Waals surface area contributed by atoms with Gasteiger partial charge < -0.3 is 14.5 Å². The molecule has 1 atom stereocenters. The third-order valence-corrected chi connectivity index (χ3v) is 5.52. The van der Waals surface area contributed by atoms with E-state index in [4.69, 9.17) is 4.74 Å². The minimum atomic E-state index is -0.0486. The van der Waals surface area contributed by atoms with Crippen molar-refractivity contribution in [2.45, 2.75) is 38.6 Å². The van der Waals surface area contributed by atoms with Crippen molar-refractivity contribution < 1.29 is 14.3 Å². The van der Waals surface area contributed by atoms with Gasteiger partial charge in [-0.3, -0.25) is 14.5 Å². The smallest absolute Gasteiger partial charge is 0.239 e. The van der Waals surface area contributed by atoms with Crippen LogP contribution < -0.4 is 0 Å². The fourth-order valence-electron chi connectivity index (χ4n) is 3.93. The summed E-state index contributed by atoms with van der Waals surface area (Å²) in [5, 5.41) is 0. The molecule has 0 aromatic rings. The number of hydrogen-bond donors (Lipinski definition) is 0. The van der Waals surface area contributed by atoms with Crippen molar-refractivity contribution in [3.8, 4) is 0 Å². The van der Waals surface area contributed by atoms with E-state index in [9.17, 15) is 9.59 Å². The van der Waals surface area contributed by atoms with E-state index in [0.717, 1.165) is 65.0 Å². The largest absolute Gasteiger partial charge is 0.378 e. The van der Waals surface area contributed by atoms with Gasteiger partial charge in [0, 0.05) is 32.1 Å². The predicted molar refractivity (Wildman–Crippen MR) is 87.0 cm³/mol. The molecule has 23 heavy (non-hydrogen) atoms. The van der Waals surface area contributed by atoms with Crippen LogP contribution in [0, 0.1) is 5.92 Å². The van der Waals surface area contributed by atoms with Gasteiger partial charge in [0.05, 0.1) is 19.3 Å². The highest BCUT2D eigenvalue weighted by Crippen LogP contribution is 2.23. The van der Waals surface area contributed by atoms with E-state index in [-0.39, 0.29) is 23.8 Å². The normalized spacial score (nSPS) is 25.6. The molecule has 3 rings (SSSR count). The van der Waals surface area contributed by atoms with Crippen LogP contribution in [0.3, 0.4) is 0 Å². The maximum atomic E-state index is 12.5. The summed E-state index contributed by atoms with van der Waals surface area (Å²) in [6.45, 7) is 8.31. The summed E-state index contributed by atoms with van der Waals surface area (Å²) in [5.41, 5.74) is 0. The molecule has 0 spiro atoms. The van der Waals surface area contributed by atoms with E-state index < -0.39 is 0 Å². The van der Waals surface area contributed by atoms with Gasteiger partial charge in [-0.05, 0) is 45.7 Å². The number of morpholine rings is 1. The predicted octanol–water partition coefficient (Wildman–Crippen LogP) is 0.568. The maximum absolute atomic E-state index is 12.5. The number of carbonyl (C=O) groups excluding carboxylic acids is 2. The topological polar surface area (TPSA) is 53.1 Å². The third-order valence-electron chi connectivity index (χ3n) is 5.52. The molecule has 0 aromatic carbocycles. The van der Waals surface area contributed by atoms with Gasteiger partial charge >= 0.3 is 0 Å². The Kier molecular flexibility index (Phi) is 5.54. The van der Waals surface area contributed by atoms with Crippen molar-refractivity contribution >= 4 is 11.8 Å². The number of ether oxygens (including phenoxy) is 1. The third kappa shape index (κ3) is 3.86. The fraction of sp³-hybridized carbons (Fsp3) is 0.882. The van der Waals surface area contributed by atoms with Crippen molar-refractivity contribution in [2.24, 2.45) is 5.92 Å². The maximum Gasteiger partial charge on any atom is 0.239 e. The van der Waals surface area contributed by atoms with Crippen molar-refractivity contribution in [3.05, 3.63) is 0 Å². The molecule has 1 unspecified atom stereocenters. The van der Waals surface area contributed by atoms with E-state index in [1.807, 2.05) is 16.7 Å². The van der Waals surface area contributed by atoms with Gasteiger partial charge in [0.1, 0.15) is 0 Å². The van der Waals surface area contributed by atoms with Gasteiger partial charge in [0.2, 0.25) is 11.8 Å². The Balaban J connectivity index is 1.47. The second-order valence-corrected chi connectivity index (χ2v) is 6.96. The zero-order chi connectivity index (χ0) is 16.2. The van der Waals surface area contributed by atoms with Crippen LogP contribution in [0.15, 0.2) is 0 Å². The van der Waals surface area contributed by atoms with Crippen LogP contribution in [0.2, 0.25) is 0 Å². The molecule has 0 radical (unpaired) electrons. The van der Waals surface area contributed by atoms with Gasteiger partial charge in [-0.25, -0.2) is 0 Å². The van der Waals surface area contributed by atoms with Crippen LogP contribution >= 0.6 is 0 Å². The summed E-state index contributed by atoms with van der Waals surface area (Å²) in [6, 6.07) is -0.0486. The van der Waals surface area contributed by atoms with Gasteiger partial charge in [-0.2, -0.15) is 0 Å². The first-order valence-electron chi connectivity index (χ1n) is 9.06. The molecule has 0 aromatic heterocycles. The molecule has 3 fully saturated rings. The van der Waals surface area contributed by atoms with Crippen molar-refractivity contribution in [3.63, 3.8) is 0 Å². The van der Waals surface area contributed by atoms with Gasteiger partial charge in [0.25, 0.3) is 0 Å². The highest BCUT2D eigenvalue weighted by atomic mass is 16.5. The molecule has 130 valence electrons. The zero-order valence-corrected chi connectivity index (χ0v) is 14.2. The molecule has 0 saturated carbocycles. The zero-order valence-electron chi connectivity index (χ0n) is 14.2. The Morgan fingerprint density at radius 1 is 0.913 bits per heavy atom. The molecule has 0 bridgehead atoms. The second-order valence-electron chi connectivity index (χ2n) is 6.96.